The third-order valence-corrected chi connectivity index (χ3v) is 8.39. The zero-order valence-corrected chi connectivity index (χ0v) is 22.5. The molecule has 2 aromatic heterocycles. The van der Waals surface area contributed by atoms with E-state index in [9.17, 15) is 9.59 Å². The van der Waals surface area contributed by atoms with Crippen molar-refractivity contribution in [2.45, 2.75) is 70.7 Å². The fourth-order valence-electron chi connectivity index (χ4n) is 4.67. The summed E-state index contributed by atoms with van der Waals surface area (Å²) in [5.41, 5.74) is 8.07. The standard InChI is InChI=1S/C26H36N6O3Si/c1-18-9-8-12-22(19-10-6-5-7-11-19)32(18)26(34)25(33)30-21-16-28-24(27)20-15-29-31(23(20)21)17-35-13-14-36(2,3)4/h5-7,10-11,15-16,18,22H,8-9,12-14,17H2,1-4H3,(H2,27,28)(H,30,33). The number of rotatable bonds is 7. The number of nitrogen functional groups attached to an aromatic ring is 1. The zero-order valence-electron chi connectivity index (χ0n) is 21.5. The number of nitrogens with zero attached hydrogens (tertiary/aromatic N) is 4. The van der Waals surface area contributed by atoms with Crippen LogP contribution in [0.15, 0.2) is 42.7 Å². The van der Waals surface area contributed by atoms with E-state index in [1.54, 1.807) is 15.8 Å². The molecule has 9 nitrogen and oxygen atoms in total. The number of fused-ring (bicyclic) bond motifs is 1. The van der Waals surface area contributed by atoms with Crippen molar-refractivity contribution in [2.75, 3.05) is 17.7 Å². The maximum absolute atomic E-state index is 13.5. The number of anilines is 2. The summed E-state index contributed by atoms with van der Waals surface area (Å²) in [5.74, 6) is -0.958. The smallest absolute Gasteiger partial charge is 0.314 e. The van der Waals surface area contributed by atoms with Gasteiger partial charge in [-0.2, -0.15) is 5.10 Å². The molecular formula is C26H36N6O3Si. The topological polar surface area (TPSA) is 115 Å². The quantitative estimate of drug-likeness (QED) is 0.278. The van der Waals surface area contributed by atoms with E-state index in [1.807, 2.05) is 37.3 Å². The summed E-state index contributed by atoms with van der Waals surface area (Å²) in [6.07, 6.45) is 5.76. The van der Waals surface area contributed by atoms with E-state index in [4.69, 9.17) is 10.5 Å². The van der Waals surface area contributed by atoms with Crippen molar-refractivity contribution in [3.63, 3.8) is 0 Å². The molecule has 192 valence electrons. The average Bonchev–Trinajstić information content (AvgIpc) is 3.28. The number of aromatic nitrogens is 3. The average molecular weight is 509 g/mol. The van der Waals surface area contributed by atoms with Gasteiger partial charge in [0.25, 0.3) is 0 Å². The molecule has 0 radical (unpaired) electrons. The lowest BCUT2D eigenvalue weighted by molar-refractivity contribution is -0.148. The van der Waals surface area contributed by atoms with Crippen LogP contribution in [0.2, 0.25) is 25.7 Å². The fraction of sp³-hybridized carbons (Fsp3) is 0.462. The lowest BCUT2D eigenvalue weighted by Gasteiger charge is -2.40. The summed E-state index contributed by atoms with van der Waals surface area (Å²) in [6, 6.07) is 10.7. The molecule has 4 rings (SSSR count). The van der Waals surface area contributed by atoms with Crippen LogP contribution in [0, 0.1) is 0 Å². The molecule has 1 fully saturated rings. The Morgan fingerprint density at radius 3 is 2.64 bits per heavy atom. The molecule has 1 aliphatic heterocycles. The maximum Gasteiger partial charge on any atom is 0.314 e. The Balaban J connectivity index is 1.55. The largest absolute Gasteiger partial charge is 0.383 e. The lowest BCUT2D eigenvalue weighted by Crippen LogP contribution is -2.48. The Bertz CT molecular complexity index is 1220. The maximum atomic E-state index is 13.5. The molecule has 10 heteroatoms. The van der Waals surface area contributed by atoms with Gasteiger partial charge in [0.1, 0.15) is 12.5 Å². The monoisotopic (exact) mass is 508 g/mol. The van der Waals surface area contributed by atoms with E-state index >= 15 is 0 Å². The van der Waals surface area contributed by atoms with Gasteiger partial charge in [-0.1, -0.05) is 50.0 Å². The highest BCUT2D eigenvalue weighted by molar-refractivity contribution is 6.76. The van der Waals surface area contributed by atoms with E-state index in [1.165, 1.54) is 6.20 Å². The van der Waals surface area contributed by atoms with E-state index < -0.39 is 19.9 Å². The van der Waals surface area contributed by atoms with E-state index in [0.29, 0.717) is 29.0 Å². The number of hydrogen-bond acceptors (Lipinski definition) is 6. The molecule has 1 aliphatic rings. The zero-order chi connectivity index (χ0) is 25.9. The first kappa shape index (κ1) is 25.8. The molecular weight excluding hydrogens is 472 g/mol. The first-order valence-electron chi connectivity index (χ1n) is 12.5. The van der Waals surface area contributed by atoms with Gasteiger partial charge in [-0.05, 0) is 37.8 Å². The van der Waals surface area contributed by atoms with Crippen LogP contribution in [0.25, 0.3) is 10.9 Å². The van der Waals surface area contributed by atoms with Gasteiger partial charge in [0.2, 0.25) is 0 Å². The summed E-state index contributed by atoms with van der Waals surface area (Å²) in [4.78, 5) is 32.6. The van der Waals surface area contributed by atoms with Gasteiger partial charge in [-0.3, -0.25) is 9.59 Å². The van der Waals surface area contributed by atoms with E-state index in [-0.39, 0.29) is 18.8 Å². The fourth-order valence-corrected chi connectivity index (χ4v) is 5.43. The van der Waals surface area contributed by atoms with Crippen LogP contribution < -0.4 is 11.1 Å². The van der Waals surface area contributed by atoms with Gasteiger partial charge in [-0.15, -0.1) is 0 Å². The molecule has 2 atom stereocenters. The molecule has 1 aromatic carbocycles. The minimum absolute atomic E-state index is 0.0444. The molecule has 3 aromatic rings. The number of likely N-dealkylation sites (tertiary alicyclic amines) is 1. The van der Waals surface area contributed by atoms with E-state index in [2.05, 4.69) is 35.0 Å². The predicted molar refractivity (Wildman–Crippen MR) is 144 cm³/mol. The molecule has 2 unspecified atom stereocenters. The molecule has 3 heterocycles. The second-order valence-corrected chi connectivity index (χ2v) is 16.3. The summed E-state index contributed by atoms with van der Waals surface area (Å²) in [5, 5.41) is 7.78. The minimum Gasteiger partial charge on any atom is -0.383 e. The second kappa shape index (κ2) is 10.8. The van der Waals surface area contributed by atoms with Crippen LogP contribution in [-0.4, -0.2) is 52.2 Å². The number of benzene rings is 1. The minimum atomic E-state index is -1.22. The number of ether oxygens (including phenoxy) is 1. The number of pyridine rings is 1. The Labute approximate surface area is 213 Å². The number of nitrogens with one attached hydrogen (secondary N) is 1. The van der Waals surface area contributed by atoms with Crippen molar-refractivity contribution >= 4 is 42.3 Å². The Morgan fingerprint density at radius 1 is 1.17 bits per heavy atom. The summed E-state index contributed by atoms with van der Waals surface area (Å²) in [7, 11) is -1.22. The van der Waals surface area contributed by atoms with Gasteiger partial charge in [0, 0.05) is 20.7 Å². The SMILES string of the molecule is CC1CCCC(c2ccccc2)N1C(=O)C(=O)Nc1cnc(N)c2cnn(COCC[Si](C)(C)C)c12. The normalized spacial score (nSPS) is 18.4. The highest BCUT2D eigenvalue weighted by atomic mass is 28.3. The van der Waals surface area contributed by atoms with Crippen LogP contribution in [-0.2, 0) is 21.1 Å². The molecule has 0 bridgehead atoms. The van der Waals surface area contributed by atoms with Crippen LogP contribution >= 0.6 is 0 Å². The van der Waals surface area contributed by atoms with Crippen LogP contribution in [0.1, 0.15) is 37.8 Å². The van der Waals surface area contributed by atoms with Crippen molar-refractivity contribution in [3.8, 4) is 0 Å². The van der Waals surface area contributed by atoms with Crippen molar-refractivity contribution in [3.05, 3.63) is 48.3 Å². The van der Waals surface area contributed by atoms with Crippen molar-refractivity contribution in [1.29, 1.82) is 0 Å². The van der Waals surface area contributed by atoms with Gasteiger partial charge < -0.3 is 20.7 Å². The number of amides is 2. The van der Waals surface area contributed by atoms with E-state index in [0.717, 1.165) is 30.9 Å². The lowest BCUT2D eigenvalue weighted by atomic mass is 9.91. The highest BCUT2D eigenvalue weighted by Crippen LogP contribution is 2.35. The number of nitrogens with two attached hydrogens (primary N) is 1. The van der Waals surface area contributed by atoms with Crippen molar-refractivity contribution in [2.24, 2.45) is 0 Å². The van der Waals surface area contributed by atoms with Gasteiger partial charge in [0.05, 0.1) is 35.0 Å². The van der Waals surface area contributed by atoms with Crippen LogP contribution in [0.3, 0.4) is 0 Å². The number of carbonyl (C=O) groups excluding carboxylic acids is 2. The molecule has 0 spiro atoms. The molecule has 0 aliphatic carbocycles. The number of carbonyl (C=O) groups is 2. The van der Waals surface area contributed by atoms with Crippen molar-refractivity contribution in [1.82, 2.24) is 19.7 Å². The summed E-state index contributed by atoms with van der Waals surface area (Å²) < 4.78 is 7.51. The third-order valence-electron chi connectivity index (χ3n) is 6.68. The Hall–Kier alpha value is -3.24. The van der Waals surface area contributed by atoms with Crippen LogP contribution in [0.5, 0.6) is 0 Å². The summed E-state index contributed by atoms with van der Waals surface area (Å²) in [6.45, 7) is 9.72. The first-order valence-corrected chi connectivity index (χ1v) is 16.2. The Morgan fingerprint density at radius 2 is 1.92 bits per heavy atom. The molecule has 1 saturated heterocycles. The predicted octanol–water partition coefficient (Wildman–Crippen LogP) is 4.41. The van der Waals surface area contributed by atoms with Crippen LogP contribution in [0.4, 0.5) is 11.5 Å². The van der Waals surface area contributed by atoms with Crippen molar-refractivity contribution < 1.29 is 14.3 Å². The van der Waals surface area contributed by atoms with Gasteiger partial charge >= 0.3 is 11.8 Å². The third kappa shape index (κ3) is 5.76. The molecule has 0 saturated carbocycles. The number of piperidine rings is 1. The summed E-state index contributed by atoms with van der Waals surface area (Å²) >= 11 is 0. The molecule has 3 N–H and O–H groups in total. The highest BCUT2D eigenvalue weighted by Gasteiger charge is 2.36. The Kier molecular flexibility index (Phi) is 7.75. The molecule has 36 heavy (non-hydrogen) atoms. The van der Waals surface area contributed by atoms with Gasteiger partial charge in [-0.25, -0.2) is 9.67 Å². The first-order chi connectivity index (χ1) is 17.2. The second-order valence-electron chi connectivity index (χ2n) is 10.7. The molecule has 2 amide bonds. The number of hydrogen-bond donors (Lipinski definition) is 2. The van der Waals surface area contributed by atoms with Gasteiger partial charge in [0.15, 0.2) is 0 Å².